The lowest BCUT2D eigenvalue weighted by Crippen LogP contribution is -2.61. The van der Waals surface area contributed by atoms with E-state index in [2.05, 4.69) is 10.6 Å². The number of methoxy groups -OCH3 is 1. The Morgan fingerprint density at radius 3 is 2.05 bits per heavy atom. The molecule has 0 bridgehead atoms. The lowest BCUT2D eigenvalue weighted by atomic mass is 9.76. The summed E-state index contributed by atoms with van der Waals surface area (Å²) in [6.07, 6.45) is 1.58. The summed E-state index contributed by atoms with van der Waals surface area (Å²) >= 11 is 0. The molecule has 0 saturated heterocycles. The van der Waals surface area contributed by atoms with Gasteiger partial charge in [-0.3, -0.25) is 14.4 Å². The minimum Gasteiger partial charge on any atom is -0.384 e. The highest BCUT2D eigenvalue weighted by atomic mass is 32.2. The average molecular weight is 595 g/mol. The number of amides is 3. The molecular formula is C30H50N4O6S. The average Bonchev–Trinajstić information content (AvgIpc) is 2.87. The fourth-order valence-electron chi connectivity index (χ4n) is 4.63. The third kappa shape index (κ3) is 10.2. The second kappa shape index (κ2) is 14.9. The van der Waals surface area contributed by atoms with E-state index in [4.69, 9.17) is 4.74 Å². The Morgan fingerprint density at radius 1 is 1.02 bits per heavy atom. The maximum absolute atomic E-state index is 14.0. The third-order valence-corrected chi connectivity index (χ3v) is 8.45. The molecule has 3 amide bonds. The van der Waals surface area contributed by atoms with Crippen LogP contribution in [0.3, 0.4) is 0 Å². The molecule has 0 aliphatic rings. The molecule has 0 spiro atoms. The molecule has 10 nitrogen and oxygen atoms in total. The van der Waals surface area contributed by atoms with Crippen molar-refractivity contribution in [1.29, 1.82) is 0 Å². The number of likely N-dealkylation sites (N-methyl/N-ethyl adjacent to an activating group) is 2. The van der Waals surface area contributed by atoms with E-state index in [1.807, 2.05) is 83.5 Å². The van der Waals surface area contributed by atoms with Crippen LogP contribution in [-0.2, 0) is 34.6 Å². The van der Waals surface area contributed by atoms with Gasteiger partial charge in [0.05, 0.1) is 24.4 Å². The highest BCUT2D eigenvalue weighted by Gasteiger charge is 2.41. The number of rotatable bonds is 14. The van der Waals surface area contributed by atoms with Gasteiger partial charge in [0, 0.05) is 25.1 Å². The van der Waals surface area contributed by atoms with E-state index in [0.29, 0.717) is 0 Å². The summed E-state index contributed by atoms with van der Waals surface area (Å²) in [5.41, 5.74) is -0.0772. The number of benzene rings is 1. The van der Waals surface area contributed by atoms with Crippen molar-refractivity contribution in [3.8, 4) is 0 Å². The summed E-state index contributed by atoms with van der Waals surface area (Å²) in [4.78, 5) is 41.8. The maximum atomic E-state index is 14.0. The second-order valence-corrected chi connectivity index (χ2v) is 14.2. The molecule has 0 radical (unpaired) electrons. The van der Waals surface area contributed by atoms with Gasteiger partial charge < -0.3 is 20.3 Å². The second-order valence-electron chi connectivity index (χ2n) is 12.4. The quantitative estimate of drug-likeness (QED) is 0.282. The molecule has 1 aromatic carbocycles. The highest BCUT2D eigenvalue weighted by Crippen LogP contribution is 2.29. The van der Waals surface area contributed by atoms with E-state index in [1.54, 1.807) is 20.2 Å². The van der Waals surface area contributed by atoms with Gasteiger partial charge in [0.15, 0.2) is 0 Å². The van der Waals surface area contributed by atoms with Crippen molar-refractivity contribution in [2.75, 3.05) is 33.6 Å². The summed E-state index contributed by atoms with van der Waals surface area (Å²) in [5.74, 6) is -1.87. The SMILES string of the molecule is CNC(C(=O)NC(C(=O)N(C)C(/C=C(\C)C(=O)NS(=O)(=O)CCOC)C(C)C)C(C)(C)C)C(C)(C)c1ccccc1. The molecule has 0 aromatic heterocycles. The van der Waals surface area contributed by atoms with Gasteiger partial charge in [0.2, 0.25) is 21.8 Å². The number of hydrogen-bond donors (Lipinski definition) is 3. The molecule has 232 valence electrons. The molecular weight excluding hydrogens is 544 g/mol. The third-order valence-electron chi connectivity index (χ3n) is 7.25. The van der Waals surface area contributed by atoms with Crippen LogP contribution in [0.1, 0.15) is 61.0 Å². The predicted octanol–water partition coefficient (Wildman–Crippen LogP) is 2.60. The highest BCUT2D eigenvalue weighted by molar-refractivity contribution is 7.90. The number of sulfonamides is 1. The van der Waals surface area contributed by atoms with Crippen LogP contribution in [0.5, 0.6) is 0 Å². The van der Waals surface area contributed by atoms with Crippen LogP contribution in [-0.4, -0.2) is 82.7 Å². The van der Waals surface area contributed by atoms with Crippen LogP contribution in [0.2, 0.25) is 0 Å². The molecule has 0 aliphatic carbocycles. The molecule has 3 N–H and O–H groups in total. The van der Waals surface area contributed by atoms with E-state index < -0.39 is 44.9 Å². The molecule has 3 atom stereocenters. The zero-order chi connectivity index (χ0) is 31.8. The Morgan fingerprint density at radius 2 is 1.59 bits per heavy atom. The number of ether oxygens (including phenoxy) is 1. The fraction of sp³-hybridized carbons (Fsp3) is 0.633. The summed E-state index contributed by atoms with van der Waals surface area (Å²) in [6.45, 7) is 14.8. The predicted molar refractivity (Wildman–Crippen MR) is 163 cm³/mol. The standard InChI is InChI=1S/C30H50N4O6S/c1-20(2)23(19-21(3)26(35)33-41(38,39)18-17-40-11)34(10)28(37)25(29(4,5)6)32-27(36)24(31-9)30(7,8)22-15-13-12-14-16-22/h12-16,19-20,23-25,31H,17-18H2,1-11H3,(H,32,36)(H,33,35)/b21-19+. The molecule has 0 aliphatic heterocycles. The van der Waals surface area contributed by atoms with Crippen LogP contribution in [0.4, 0.5) is 0 Å². The lowest BCUT2D eigenvalue weighted by molar-refractivity contribution is -0.140. The van der Waals surface area contributed by atoms with Crippen LogP contribution in [0, 0.1) is 11.3 Å². The number of carbonyl (C=O) groups excluding carboxylic acids is 3. The molecule has 3 unspecified atom stereocenters. The smallest absolute Gasteiger partial charge is 0.260 e. The number of nitrogens with one attached hydrogen (secondary N) is 3. The largest absolute Gasteiger partial charge is 0.384 e. The minimum atomic E-state index is -3.87. The summed E-state index contributed by atoms with van der Waals surface area (Å²) in [7, 11) is 0.848. The van der Waals surface area contributed by atoms with Gasteiger partial charge in [-0.25, -0.2) is 13.1 Å². The monoisotopic (exact) mass is 594 g/mol. The topological polar surface area (TPSA) is 134 Å². The number of hydrogen-bond acceptors (Lipinski definition) is 7. The molecule has 1 aromatic rings. The van der Waals surface area contributed by atoms with Crippen LogP contribution >= 0.6 is 0 Å². The van der Waals surface area contributed by atoms with E-state index >= 15 is 0 Å². The Bertz CT molecular complexity index is 1170. The first-order valence-corrected chi connectivity index (χ1v) is 15.5. The Kier molecular flexibility index (Phi) is 13.2. The van der Waals surface area contributed by atoms with Crippen LogP contribution < -0.4 is 15.4 Å². The molecule has 0 fully saturated rings. The van der Waals surface area contributed by atoms with Crippen molar-refractivity contribution in [2.45, 2.75) is 78.9 Å². The van der Waals surface area contributed by atoms with Gasteiger partial charge in [-0.1, -0.05) is 84.9 Å². The number of nitrogens with zero attached hydrogens (tertiary/aromatic N) is 1. The maximum Gasteiger partial charge on any atom is 0.260 e. The van der Waals surface area contributed by atoms with E-state index in [9.17, 15) is 22.8 Å². The summed E-state index contributed by atoms with van der Waals surface area (Å²) in [5, 5.41) is 6.13. The molecule has 11 heteroatoms. The van der Waals surface area contributed by atoms with Crippen molar-refractivity contribution in [2.24, 2.45) is 11.3 Å². The zero-order valence-corrected chi connectivity index (χ0v) is 27.3. The summed E-state index contributed by atoms with van der Waals surface area (Å²) < 4.78 is 31.2. The first-order chi connectivity index (χ1) is 18.8. The van der Waals surface area contributed by atoms with E-state index in [-0.39, 0.29) is 35.7 Å². The van der Waals surface area contributed by atoms with Crippen LogP contribution in [0.25, 0.3) is 0 Å². The van der Waals surface area contributed by atoms with Crippen molar-refractivity contribution in [1.82, 2.24) is 20.3 Å². The molecule has 0 saturated carbocycles. The van der Waals surface area contributed by atoms with Gasteiger partial charge in [-0.2, -0.15) is 0 Å². The van der Waals surface area contributed by atoms with Crippen molar-refractivity contribution in [3.63, 3.8) is 0 Å². The van der Waals surface area contributed by atoms with Crippen molar-refractivity contribution in [3.05, 3.63) is 47.5 Å². The Balaban J connectivity index is 3.28. The molecule has 1 rings (SSSR count). The molecule has 0 heterocycles. The van der Waals surface area contributed by atoms with Crippen molar-refractivity contribution < 1.29 is 27.5 Å². The number of carbonyl (C=O) groups is 3. The fourth-order valence-corrected chi connectivity index (χ4v) is 5.56. The van der Waals surface area contributed by atoms with Crippen molar-refractivity contribution >= 4 is 27.7 Å². The first kappa shape index (κ1) is 36.3. The van der Waals surface area contributed by atoms with E-state index in [1.165, 1.54) is 18.9 Å². The van der Waals surface area contributed by atoms with E-state index in [0.717, 1.165) is 5.56 Å². The Labute approximate surface area is 246 Å². The Hall–Kier alpha value is -2.76. The van der Waals surface area contributed by atoms with Gasteiger partial charge in [-0.15, -0.1) is 0 Å². The van der Waals surface area contributed by atoms with Gasteiger partial charge in [0.1, 0.15) is 6.04 Å². The van der Waals surface area contributed by atoms with Gasteiger partial charge >= 0.3 is 0 Å². The normalized spacial score (nSPS) is 15.2. The van der Waals surface area contributed by atoms with Crippen LogP contribution in [0.15, 0.2) is 42.0 Å². The summed E-state index contributed by atoms with van der Waals surface area (Å²) in [6, 6.07) is 7.67. The van der Waals surface area contributed by atoms with Gasteiger partial charge in [0.25, 0.3) is 5.91 Å². The molecule has 41 heavy (non-hydrogen) atoms. The zero-order valence-electron chi connectivity index (χ0n) is 26.5. The first-order valence-electron chi connectivity index (χ1n) is 13.8. The minimum absolute atomic E-state index is 0.0475. The van der Waals surface area contributed by atoms with Gasteiger partial charge in [-0.05, 0) is 30.9 Å². The lowest BCUT2D eigenvalue weighted by Gasteiger charge is -2.40.